The van der Waals surface area contributed by atoms with Crippen molar-refractivity contribution in [2.24, 2.45) is 5.92 Å². The summed E-state index contributed by atoms with van der Waals surface area (Å²) in [7, 11) is 0. The molecule has 8 rings (SSSR count). The number of amides is 2. The lowest BCUT2D eigenvalue weighted by molar-refractivity contribution is -0.136. The highest BCUT2D eigenvalue weighted by molar-refractivity contribution is 5.99. The second kappa shape index (κ2) is 18.1. The molecule has 3 aromatic heterocycles. The molecule has 1 atom stereocenters. The number of piperidine rings is 2. The van der Waals surface area contributed by atoms with Crippen LogP contribution in [0.2, 0.25) is 0 Å². The van der Waals surface area contributed by atoms with Gasteiger partial charge in [0.2, 0.25) is 5.91 Å². The molecule has 0 spiro atoms. The molecule has 0 saturated carbocycles. The molecule has 1 unspecified atom stereocenters. The fraction of sp³-hybridized carbons (Fsp3) is 0.283. The normalized spacial score (nSPS) is 15.8. The second-order valence-electron chi connectivity index (χ2n) is 15.0. The molecule has 60 heavy (non-hydrogen) atoms. The first-order chi connectivity index (χ1) is 29.3. The van der Waals surface area contributed by atoms with Crippen molar-refractivity contribution in [3.8, 4) is 46.3 Å². The maximum Gasteiger partial charge on any atom is 0.275 e. The zero-order valence-electron chi connectivity index (χ0n) is 32.8. The van der Waals surface area contributed by atoms with Crippen LogP contribution in [0.25, 0.3) is 33.4 Å². The van der Waals surface area contributed by atoms with Crippen LogP contribution in [-0.2, 0) is 16.1 Å². The van der Waals surface area contributed by atoms with Gasteiger partial charge in [0, 0.05) is 41.0 Å². The monoisotopic (exact) mass is 799 g/mol. The van der Waals surface area contributed by atoms with E-state index in [1.165, 1.54) is 15.4 Å². The van der Waals surface area contributed by atoms with E-state index in [-0.39, 0.29) is 29.9 Å². The third-order valence-corrected chi connectivity index (χ3v) is 10.9. The molecular weight excluding hydrogens is 759 g/mol. The van der Waals surface area contributed by atoms with Gasteiger partial charge >= 0.3 is 0 Å². The minimum Gasteiger partial charge on any atom is -0.490 e. The number of ether oxygens (including phenoxy) is 1. The number of hydrogen-bond acceptors (Lipinski definition) is 11. The highest BCUT2D eigenvalue weighted by Crippen LogP contribution is 2.23. The van der Waals surface area contributed by atoms with E-state index in [9.17, 15) is 24.4 Å². The van der Waals surface area contributed by atoms with Gasteiger partial charge in [-0.1, -0.05) is 54.3 Å². The molecule has 6 aromatic rings. The van der Waals surface area contributed by atoms with E-state index in [1.807, 2.05) is 36.4 Å². The molecule has 5 heterocycles. The molecule has 2 aliphatic rings. The SMILES string of the molecule is N#Cc1cccc(-c2ccc(=O)n(Cc3ccc(-c4ncc(OCC5CCN(CCCC#Cc6cccc7c(=O)n(C8CCC(=O)NC8=O)ncc67)CC5)cn4)cc3)n2)c1. The number of nitrogens with one attached hydrogen (secondary N) is 1. The highest BCUT2D eigenvalue weighted by Gasteiger charge is 2.30. The average Bonchev–Trinajstić information content (AvgIpc) is 3.28. The number of nitriles is 1. The summed E-state index contributed by atoms with van der Waals surface area (Å²) in [5, 5.41) is 21.4. The van der Waals surface area contributed by atoms with Gasteiger partial charge in [0.1, 0.15) is 6.04 Å². The Kier molecular flexibility index (Phi) is 11.9. The number of rotatable bonds is 11. The number of unbranched alkanes of at least 4 members (excludes halogenated alkanes) is 1. The zero-order chi connectivity index (χ0) is 41.4. The Morgan fingerprint density at radius 3 is 2.43 bits per heavy atom. The minimum atomic E-state index is -0.808. The van der Waals surface area contributed by atoms with Crippen LogP contribution >= 0.6 is 0 Å². The number of benzene rings is 3. The van der Waals surface area contributed by atoms with E-state index in [0.717, 1.165) is 67.6 Å². The predicted molar refractivity (Wildman–Crippen MR) is 223 cm³/mol. The third-order valence-electron chi connectivity index (χ3n) is 10.9. The Labute approximate surface area is 345 Å². The Bertz CT molecular complexity index is 2770. The number of aromatic nitrogens is 6. The van der Waals surface area contributed by atoms with E-state index in [1.54, 1.807) is 55.0 Å². The average molecular weight is 800 g/mol. The van der Waals surface area contributed by atoms with Crippen LogP contribution in [0.15, 0.2) is 107 Å². The molecule has 1 N–H and O–H groups in total. The lowest BCUT2D eigenvalue weighted by Crippen LogP contribution is -2.45. The standard InChI is InChI=1S/C46H41N9O5/c47-25-33-6-4-9-36(24-33)40-15-18-43(57)54(52-40)29-31-11-13-35(14-12-31)44-48-26-37(27-49-44)60-30-32-19-22-53(23-20-32)21-3-1-2-7-34-8-5-10-38-39(34)28-50-55(46(38)59)41-16-17-42(56)51-45(41)58/h4-6,8-15,18,24,26-28,32,41H,1,3,16-17,19-23,29-30H2,(H,51,56,58). The van der Waals surface area contributed by atoms with Crippen LogP contribution in [-0.4, -0.2) is 72.5 Å². The number of hydrogen-bond donors (Lipinski definition) is 1. The summed E-state index contributed by atoms with van der Waals surface area (Å²) in [5.74, 6) is 7.27. The predicted octanol–water partition coefficient (Wildman–Crippen LogP) is 4.90. The van der Waals surface area contributed by atoms with Gasteiger partial charge in [-0.15, -0.1) is 0 Å². The van der Waals surface area contributed by atoms with Crippen LogP contribution in [0.4, 0.5) is 0 Å². The van der Waals surface area contributed by atoms with E-state index in [2.05, 4.69) is 48.3 Å². The van der Waals surface area contributed by atoms with Gasteiger partial charge < -0.3 is 9.64 Å². The molecule has 3 aromatic carbocycles. The fourth-order valence-corrected chi connectivity index (χ4v) is 7.51. The molecule has 0 bridgehead atoms. The number of fused-ring (bicyclic) bond motifs is 1. The van der Waals surface area contributed by atoms with E-state index in [4.69, 9.17) is 4.74 Å². The summed E-state index contributed by atoms with van der Waals surface area (Å²) >= 11 is 0. The second-order valence-corrected chi connectivity index (χ2v) is 15.0. The van der Waals surface area contributed by atoms with Crippen molar-refractivity contribution in [2.75, 3.05) is 26.2 Å². The molecule has 2 saturated heterocycles. The molecule has 2 amide bonds. The summed E-state index contributed by atoms with van der Waals surface area (Å²) in [6, 6.07) is 24.7. The molecule has 14 heteroatoms. The van der Waals surface area contributed by atoms with Crippen LogP contribution in [0, 0.1) is 29.1 Å². The van der Waals surface area contributed by atoms with Crippen LogP contribution in [0.5, 0.6) is 5.75 Å². The van der Waals surface area contributed by atoms with Crippen molar-refractivity contribution in [3.05, 3.63) is 135 Å². The molecule has 2 aliphatic heterocycles. The lowest BCUT2D eigenvalue weighted by atomic mass is 9.97. The van der Waals surface area contributed by atoms with Gasteiger partial charge in [-0.05, 0) is 87.1 Å². The Morgan fingerprint density at radius 1 is 0.850 bits per heavy atom. The van der Waals surface area contributed by atoms with Gasteiger partial charge in [0.05, 0.1) is 54.5 Å². The van der Waals surface area contributed by atoms with Crippen molar-refractivity contribution >= 4 is 22.6 Å². The van der Waals surface area contributed by atoms with Crippen molar-refractivity contribution in [3.63, 3.8) is 0 Å². The van der Waals surface area contributed by atoms with Gasteiger partial charge in [-0.25, -0.2) is 19.3 Å². The quantitative estimate of drug-likeness (QED) is 0.107. The summed E-state index contributed by atoms with van der Waals surface area (Å²) in [5.41, 5.74) is 3.79. The Hall–Kier alpha value is -7.29. The third kappa shape index (κ3) is 9.20. The molecule has 300 valence electrons. The maximum absolute atomic E-state index is 13.2. The van der Waals surface area contributed by atoms with Crippen molar-refractivity contribution in [1.29, 1.82) is 5.26 Å². The first-order valence-electron chi connectivity index (χ1n) is 20.0. The van der Waals surface area contributed by atoms with Crippen LogP contribution < -0.4 is 21.2 Å². The van der Waals surface area contributed by atoms with Gasteiger partial charge in [0.25, 0.3) is 17.0 Å². The number of carbonyl (C=O) groups excluding carboxylic acids is 2. The van der Waals surface area contributed by atoms with Gasteiger partial charge in [-0.3, -0.25) is 24.5 Å². The molecule has 0 radical (unpaired) electrons. The summed E-state index contributed by atoms with van der Waals surface area (Å²) in [6.45, 7) is 3.84. The smallest absolute Gasteiger partial charge is 0.275 e. The van der Waals surface area contributed by atoms with E-state index in [0.29, 0.717) is 52.7 Å². The van der Waals surface area contributed by atoms with Crippen molar-refractivity contribution in [1.82, 2.24) is 39.7 Å². The highest BCUT2D eigenvalue weighted by atomic mass is 16.5. The maximum atomic E-state index is 13.2. The topological polar surface area (TPSA) is 178 Å². The number of imide groups is 1. The molecular formula is C46H41N9O5. The van der Waals surface area contributed by atoms with Gasteiger partial charge in [0.15, 0.2) is 11.6 Å². The minimum absolute atomic E-state index is 0.166. The van der Waals surface area contributed by atoms with E-state index >= 15 is 0 Å². The Balaban J connectivity index is 0.769. The summed E-state index contributed by atoms with van der Waals surface area (Å²) < 4.78 is 8.67. The van der Waals surface area contributed by atoms with Gasteiger partial charge in [-0.2, -0.15) is 15.5 Å². The Morgan fingerprint density at radius 2 is 1.65 bits per heavy atom. The van der Waals surface area contributed by atoms with E-state index < -0.39 is 11.9 Å². The zero-order valence-corrected chi connectivity index (χ0v) is 32.8. The number of nitrogens with zero attached hydrogens (tertiary/aromatic N) is 8. The fourth-order valence-electron chi connectivity index (χ4n) is 7.51. The first-order valence-corrected chi connectivity index (χ1v) is 20.0. The van der Waals surface area contributed by atoms with Crippen molar-refractivity contribution < 1.29 is 14.3 Å². The van der Waals surface area contributed by atoms with Crippen molar-refractivity contribution in [2.45, 2.75) is 51.1 Å². The molecule has 0 aliphatic carbocycles. The summed E-state index contributed by atoms with van der Waals surface area (Å²) in [4.78, 5) is 61.2. The first kappa shape index (κ1) is 39.5. The van der Waals surface area contributed by atoms with Crippen LogP contribution in [0.1, 0.15) is 61.3 Å². The number of likely N-dealkylation sites (tertiary alicyclic amines) is 1. The molecule has 14 nitrogen and oxygen atoms in total. The largest absolute Gasteiger partial charge is 0.490 e. The molecule has 2 fully saturated rings. The lowest BCUT2D eigenvalue weighted by Gasteiger charge is -2.31. The van der Waals surface area contributed by atoms with Crippen LogP contribution in [0.3, 0.4) is 0 Å². The summed E-state index contributed by atoms with van der Waals surface area (Å²) in [6.07, 6.45) is 9.11. The number of carbonyl (C=O) groups is 2.